The number of hydrogen-bond acceptors (Lipinski definition) is 2. The highest BCUT2D eigenvalue weighted by molar-refractivity contribution is 14.1. The molecule has 0 aliphatic rings. The lowest BCUT2D eigenvalue weighted by molar-refractivity contribution is -0.145. The van der Waals surface area contributed by atoms with Gasteiger partial charge in [0.25, 0.3) is 0 Å². The van der Waals surface area contributed by atoms with Crippen LogP contribution in [-0.4, -0.2) is 12.6 Å². The molecule has 2 nitrogen and oxygen atoms in total. The number of rotatable bonds is 4. The van der Waals surface area contributed by atoms with Gasteiger partial charge in [-0.2, -0.15) is 0 Å². The molecule has 0 amide bonds. The van der Waals surface area contributed by atoms with Gasteiger partial charge in [0.05, 0.1) is 12.5 Å². The fraction of sp³-hybridized carbons (Fsp3) is 0.417. The van der Waals surface area contributed by atoms with E-state index in [1.165, 1.54) is 3.57 Å². The van der Waals surface area contributed by atoms with E-state index in [0.717, 1.165) is 12.0 Å². The maximum atomic E-state index is 11.6. The molecule has 0 fully saturated rings. The van der Waals surface area contributed by atoms with Crippen LogP contribution in [0.4, 0.5) is 0 Å². The Morgan fingerprint density at radius 3 is 2.40 bits per heavy atom. The molecule has 0 N–H and O–H groups in total. The van der Waals surface area contributed by atoms with Gasteiger partial charge < -0.3 is 4.74 Å². The molecule has 1 aromatic rings. The maximum Gasteiger partial charge on any atom is 0.313 e. The van der Waals surface area contributed by atoms with Crippen LogP contribution in [0.15, 0.2) is 24.3 Å². The van der Waals surface area contributed by atoms with Crippen molar-refractivity contribution in [2.24, 2.45) is 0 Å². The van der Waals surface area contributed by atoms with Crippen molar-refractivity contribution in [3.8, 4) is 0 Å². The van der Waals surface area contributed by atoms with Crippen LogP contribution < -0.4 is 0 Å². The summed E-state index contributed by atoms with van der Waals surface area (Å²) in [4.78, 5) is 11.6. The predicted octanol–water partition coefficient (Wildman–Crippen LogP) is 3.35. The Balaban J connectivity index is 2.82. The molecule has 0 aliphatic carbocycles. The third-order valence-electron chi connectivity index (χ3n) is 2.25. The number of ether oxygens (including phenoxy) is 1. The zero-order chi connectivity index (χ0) is 11.3. The first-order valence-corrected chi connectivity index (χ1v) is 6.19. The van der Waals surface area contributed by atoms with E-state index in [9.17, 15) is 4.79 Å². The fourth-order valence-corrected chi connectivity index (χ4v) is 1.84. The molecule has 0 saturated heterocycles. The second-order valence-electron chi connectivity index (χ2n) is 3.26. The van der Waals surface area contributed by atoms with Crippen LogP contribution in [0.3, 0.4) is 0 Å². The molecule has 15 heavy (non-hydrogen) atoms. The van der Waals surface area contributed by atoms with Gasteiger partial charge in [-0.3, -0.25) is 4.79 Å². The molecule has 1 atom stereocenters. The van der Waals surface area contributed by atoms with Gasteiger partial charge in [0.15, 0.2) is 0 Å². The normalized spacial score (nSPS) is 12.2. The highest BCUT2D eigenvalue weighted by Gasteiger charge is 2.19. The largest absolute Gasteiger partial charge is 0.466 e. The lowest BCUT2D eigenvalue weighted by atomic mass is 9.97. The minimum absolute atomic E-state index is 0.123. The van der Waals surface area contributed by atoms with Gasteiger partial charge in [-0.15, -0.1) is 0 Å². The van der Waals surface area contributed by atoms with Crippen molar-refractivity contribution in [2.75, 3.05) is 6.61 Å². The molecule has 82 valence electrons. The fourth-order valence-electron chi connectivity index (χ4n) is 1.48. The predicted molar refractivity (Wildman–Crippen MR) is 68.8 cm³/mol. The molecule has 0 radical (unpaired) electrons. The standard InChI is InChI=1S/C12H15IO2/c1-3-11(12(14)15-4-2)9-5-7-10(13)8-6-9/h5-8,11H,3-4H2,1-2H3. The van der Waals surface area contributed by atoms with Gasteiger partial charge in [-0.1, -0.05) is 19.1 Å². The Labute approximate surface area is 104 Å². The monoisotopic (exact) mass is 318 g/mol. The SMILES string of the molecule is CCOC(=O)C(CC)c1ccc(I)cc1. The Hall–Kier alpha value is -0.580. The summed E-state index contributed by atoms with van der Waals surface area (Å²) >= 11 is 2.25. The van der Waals surface area contributed by atoms with E-state index >= 15 is 0 Å². The van der Waals surface area contributed by atoms with E-state index < -0.39 is 0 Å². The third-order valence-corrected chi connectivity index (χ3v) is 2.97. The molecule has 1 unspecified atom stereocenters. The molecule has 1 rings (SSSR count). The summed E-state index contributed by atoms with van der Waals surface area (Å²) in [6, 6.07) is 8.01. The first-order valence-electron chi connectivity index (χ1n) is 5.11. The van der Waals surface area contributed by atoms with E-state index in [2.05, 4.69) is 22.6 Å². The smallest absolute Gasteiger partial charge is 0.313 e. The number of benzene rings is 1. The van der Waals surface area contributed by atoms with Crippen molar-refractivity contribution in [3.63, 3.8) is 0 Å². The van der Waals surface area contributed by atoms with Crippen LogP contribution in [0.2, 0.25) is 0 Å². The van der Waals surface area contributed by atoms with Crippen LogP contribution in [0.1, 0.15) is 31.7 Å². The lowest BCUT2D eigenvalue weighted by Crippen LogP contribution is -2.15. The zero-order valence-electron chi connectivity index (χ0n) is 9.00. The van der Waals surface area contributed by atoms with Crippen LogP contribution in [0.25, 0.3) is 0 Å². The summed E-state index contributed by atoms with van der Waals surface area (Å²) < 4.78 is 6.21. The average molecular weight is 318 g/mol. The molecule has 0 bridgehead atoms. The number of halogens is 1. The Bertz CT molecular complexity index is 319. The van der Waals surface area contributed by atoms with Crippen molar-refractivity contribution < 1.29 is 9.53 Å². The Morgan fingerprint density at radius 1 is 1.33 bits per heavy atom. The van der Waals surface area contributed by atoms with Crippen molar-refractivity contribution in [1.29, 1.82) is 0 Å². The number of hydrogen-bond donors (Lipinski definition) is 0. The third kappa shape index (κ3) is 3.48. The number of carbonyl (C=O) groups is 1. The lowest BCUT2D eigenvalue weighted by Gasteiger charge is -2.13. The molecule has 0 spiro atoms. The summed E-state index contributed by atoms with van der Waals surface area (Å²) in [6.45, 7) is 4.28. The van der Waals surface area contributed by atoms with Crippen molar-refractivity contribution in [2.45, 2.75) is 26.2 Å². The van der Waals surface area contributed by atoms with Crippen molar-refractivity contribution in [1.82, 2.24) is 0 Å². The van der Waals surface area contributed by atoms with Crippen LogP contribution in [0, 0.1) is 3.57 Å². The van der Waals surface area contributed by atoms with Gasteiger partial charge in [-0.25, -0.2) is 0 Å². The van der Waals surface area contributed by atoms with E-state index in [0.29, 0.717) is 6.61 Å². The van der Waals surface area contributed by atoms with Crippen LogP contribution in [-0.2, 0) is 9.53 Å². The second kappa shape index (κ2) is 6.10. The zero-order valence-corrected chi connectivity index (χ0v) is 11.2. The number of carbonyl (C=O) groups excluding carboxylic acids is 1. The topological polar surface area (TPSA) is 26.3 Å². The van der Waals surface area contributed by atoms with Crippen molar-refractivity contribution >= 4 is 28.6 Å². The summed E-state index contributed by atoms with van der Waals surface area (Å²) in [6.07, 6.45) is 0.777. The first-order chi connectivity index (χ1) is 7.19. The molecule has 0 aliphatic heterocycles. The quantitative estimate of drug-likeness (QED) is 0.629. The summed E-state index contributed by atoms with van der Waals surface area (Å²) in [7, 11) is 0. The summed E-state index contributed by atoms with van der Waals surface area (Å²) in [5.41, 5.74) is 1.04. The summed E-state index contributed by atoms with van der Waals surface area (Å²) in [5.74, 6) is -0.247. The molecular weight excluding hydrogens is 303 g/mol. The Morgan fingerprint density at radius 2 is 1.93 bits per heavy atom. The van der Waals surface area contributed by atoms with E-state index in [1.54, 1.807) is 0 Å². The molecule has 1 aromatic carbocycles. The first kappa shape index (κ1) is 12.5. The van der Waals surface area contributed by atoms with Gasteiger partial charge in [0, 0.05) is 3.57 Å². The Kier molecular flexibility index (Phi) is 5.08. The molecular formula is C12H15IO2. The van der Waals surface area contributed by atoms with Crippen LogP contribution in [0.5, 0.6) is 0 Å². The molecule has 0 heterocycles. The minimum Gasteiger partial charge on any atom is -0.466 e. The highest BCUT2D eigenvalue weighted by Crippen LogP contribution is 2.21. The van der Waals surface area contributed by atoms with E-state index in [-0.39, 0.29) is 11.9 Å². The molecule has 0 saturated carbocycles. The average Bonchev–Trinajstić information content (AvgIpc) is 2.22. The molecule has 3 heteroatoms. The second-order valence-corrected chi connectivity index (χ2v) is 4.51. The van der Waals surface area contributed by atoms with E-state index in [1.807, 2.05) is 38.1 Å². The minimum atomic E-state index is -0.124. The maximum absolute atomic E-state index is 11.6. The van der Waals surface area contributed by atoms with Crippen molar-refractivity contribution in [3.05, 3.63) is 33.4 Å². The van der Waals surface area contributed by atoms with Gasteiger partial charge >= 0.3 is 5.97 Å². The van der Waals surface area contributed by atoms with Gasteiger partial charge in [0.2, 0.25) is 0 Å². The van der Waals surface area contributed by atoms with Gasteiger partial charge in [-0.05, 0) is 53.6 Å². The highest BCUT2D eigenvalue weighted by atomic mass is 127. The van der Waals surface area contributed by atoms with Crippen LogP contribution >= 0.6 is 22.6 Å². The van der Waals surface area contributed by atoms with E-state index in [4.69, 9.17) is 4.74 Å². The number of esters is 1. The summed E-state index contributed by atoms with van der Waals surface area (Å²) in [5, 5.41) is 0. The van der Waals surface area contributed by atoms with Gasteiger partial charge in [0.1, 0.15) is 0 Å². The molecule has 0 aromatic heterocycles.